The quantitative estimate of drug-likeness (QED) is 0.402. The number of ether oxygens (including phenoxy) is 1. The van der Waals surface area contributed by atoms with E-state index in [0.29, 0.717) is 17.2 Å². The van der Waals surface area contributed by atoms with Crippen LogP contribution >= 0.6 is 11.6 Å². The summed E-state index contributed by atoms with van der Waals surface area (Å²) < 4.78 is 6.05. The van der Waals surface area contributed by atoms with Crippen LogP contribution in [0.1, 0.15) is 70.4 Å². The second-order valence-corrected chi connectivity index (χ2v) is 11.4. The van der Waals surface area contributed by atoms with Crippen LogP contribution < -0.4 is 10.1 Å². The smallest absolute Gasteiger partial charge is 0.261 e. The zero-order chi connectivity index (χ0) is 28.5. The first-order valence-electron chi connectivity index (χ1n) is 14.0. The molecule has 9 heteroatoms. The van der Waals surface area contributed by atoms with Crippen LogP contribution in [0.25, 0.3) is 0 Å². The van der Waals surface area contributed by atoms with Crippen LogP contribution in [0.15, 0.2) is 66.7 Å². The number of nitrogens with one attached hydrogen (secondary N) is 1. The summed E-state index contributed by atoms with van der Waals surface area (Å²) in [5, 5.41) is 13.9. The van der Waals surface area contributed by atoms with E-state index < -0.39 is 24.1 Å². The van der Waals surface area contributed by atoms with Gasteiger partial charge in [-0.15, -0.1) is 0 Å². The van der Waals surface area contributed by atoms with Crippen LogP contribution in [-0.4, -0.2) is 51.8 Å². The predicted octanol–water partition coefficient (Wildman–Crippen LogP) is 4.55. The summed E-state index contributed by atoms with van der Waals surface area (Å²) in [7, 11) is 0. The van der Waals surface area contributed by atoms with E-state index in [1.807, 2.05) is 24.3 Å². The number of imide groups is 1. The average molecular weight is 574 g/mol. The molecule has 0 saturated carbocycles. The van der Waals surface area contributed by atoms with Gasteiger partial charge >= 0.3 is 0 Å². The number of rotatable bonds is 7. The minimum Gasteiger partial charge on any atom is -0.488 e. The fourth-order valence-corrected chi connectivity index (χ4v) is 6.21. The van der Waals surface area contributed by atoms with E-state index in [-0.39, 0.29) is 30.9 Å². The Kier molecular flexibility index (Phi) is 7.79. The molecule has 2 N–H and O–H groups in total. The van der Waals surface area contributed by atoms with Gasteiger partial charge in [0, 0.05) is 23.6 Å². The van der Waals surface area contributed by atoms with Gasteiger partial charge in [-0.05, 0) is 73.2 Å². The number of nitrogens with zero attached hydrogens (tertiary/aromatic N) is 2. The molecule has 3 amide bonds. The number of aliphatic hydroxyl groups excluding tert-OH is 1. The molecule has 6 rings (SSSR count). The molecule has 3 aromatic carbocycles. The number of benzene rings is 3. The van der Waals surface area contributed by atoms with Gasteiger partial charge in [0.1, 0.15) is 18.4 Å². The summed E-state index contributed by atoms with van der Waals surface area (Å²) in [4.78, 5) is 40.9. The minimum absolute atomic E-state index is 0.115. The Labute approximate surface area is 243 Å². The van der Waals surface area contributed by atoms with Crippen molar-refractivity contribution in [2.45, 2.75) is 57.0 Å². The highest BCUT2D eigenvalue weighted by atomic mass is 35.5. The number of halogens is 1. The maximum Gasteiger partial charge on any atom is 0.261 e. The number of hydrogen-bond donors (Lipinski definition) is 2. The molecule has 8 nitrogen and oxygen atoms in total. The van der Waals surface area contributed by atoms with E-state index >= 15 is 0 Å². The van der Waals surface area contributed by atoms with Crippen LogP contribution in [-0.2, 0) is 22.7 Å². The van der Waals surface area contributed by atoms with Crippen molar-refractivity contribution in [3.8, 4) is 5.75 Å². The van der Waals surface area contributed by atoms with E-state index in [4.69, 9.17) is 16.3 Å². The molecule has 0 spiro atoms. The van der Waals surface area contributed by atoms with Gasteiger partial charge in [-0.1, -0.05) is 60.1 Å². The summed E-state index contributed by atoms with van der Waals surface area (Å²) in [6.45, 7) is 3.24. The molecule has 2 fully saturated rings. The molecule has 41 heavy (non-hydrogen) atoms. The first-order valence-corrected chi connectivity index (χ1v) is 14.4. The van der Waals surface area contributed by atoms with Gasteiger partial charge in [0.05, 0.1) is 5.56 Å². The van der Waals surface area contributed by atoms with Crippen molar-refractivity contribution in [3.05, 3.63) is 99.6 Å². The molecule has 3 heterocycles. The summed E-state index contributed by atoms with van der Waals surface area (Å²) in [6, 6.07) is 20.7. The maximum atomic E-state index is 13.3. The molecule has 3 aromatic rings. The van der Waals surface area contributed by atoms with Gasteiger partial charge in [-0.3, -0.25) is 29.5 Å². The van der Waals surface area contributed by atoms with E-state index in [1.165, 1.54) is 11.1 Å². The van der Waals surface area contributed by atoms with Gasteiger partial charge in [-0.25, -0.2) is 0 Å². The maximum absolute atomic E-state index is 13.3. The predicted molar refractivity (Wildman–Crippen MR) is 153 cm³/mol. The van der Waals surface area contributed by atoms with Crippen molar-refractivity contribution >= 4 is 29.3 Å². The van der Waals surface area contributed by atoms with E-state index in [0.717, 1.165) is 48.0 Å². The Bertz CT molecular complexity index is 1450. The number of carbonyl (C=O) groups excluding carboxylic acids is 3. The Morgan fingerprint density at radius 1 is 0.902 bits per heavy atom. The molecule has 0 aromatic heterocycles. The van der Waals surface area contributed by atoms with Crippen LogP contribution in [0.4, 0.5) is 0 Å². The third-order valence-corrected chi connectivity index (χ3v) is 8.60. The molecule has 212 valence electrons. The Morgan fingerprint density at radius 3 is 2.32 bits per heavy atom. The molecule has 3 aliphatic heterocycles. The van der Waals surface area contributed by atoms with E-state index in [2.05, 4.69) is 34.5 Å². The van der Waals surface area contributed by atoms with Crippen molar-refractivity contribution in [2.24, 2.45) is 0 Å². The molecule has 0 aliphatic carbocycles. The molecular formula is C32H32ClN3O5. The summed E-state index contributed by atoms with van der Waals surface area (Å²) in [5.41, 5.74) is 4.20. The fraction of sp³-hybridized carbons (Fsp3) is 0.344. The van der Waals surface area contributed by atoms with Crippen molar-refractivity contribution in [1.29, 1.82) is 0 Å². The van der Waals surface area contributed by atoms with Gasteiger partial charge in [0.2, 0.25) is 11.8 Å². The van der Waals surface area contributed by atoms with Gasteiger partial charge in [-0.2, -0.15) is 0 Å². The number of fused-ring (bicyclic) bond motifs is 1. The van der Waals surface area contributed by atoms with Gasteiger partial charge < -0.3 is 9.84 Å². The monoisotopic (exact) mass is 573 g/mol. The zero-order valence-corrected chi connectivity index (χ0v) is 23.3. The molecule has 1 unspecified atom stereocenters. The summed E-state index contributed by atoms with van der Waals surface area (Å²) >= 11 is 6.04. The first kappa shape index (κ1) is 27.4. The highest BCUT2D eigenvalue weighted by Gasteiger charge is 2.45. The van der Waals surface area contributed by atoms with Crippen molar-refractivity contribution < 1.29 is 24.2 Å². The minimum atomic E-state index is -1.28. The molecule has 3 aliphatic rings. The van der Waals surface area contributed by atoms with Crippen LogP contribution in [0.2, 0.25) is 5.02 Å². The molecule has 2 atom stereocenters. The second kappa shape index (κ2) is 11.6. The van der Waals surface area contributed by atoms with E-state index in [1.54, 1.807) is 18.2 Å². The van der Waals surface area contributed by atoms with Crippen molar-refractivity contribution in [1.82, 2.24) is 15.1 Å². The lowest BCUT2D eigenvalue weighted by atomic mass is 9.89. The third-order valence-electron chi connectivity index (χ3n) is 8.35. The SMILES string of the molecule is O=C1CCC(N2C(=O)c3c(OCc4ccc(CN5CCC(c6ccc(Cl)cc6)CC5)cc4)cccc3[C@H]2O)C(=O)N1. The highest BCUT2D eigenvalue weighted by Crippen LogP contribution is 2.40. The summed E-state index contributed by atoms with van der Waals surface area (Å²) in [6.07, 6.45) is 1.27. The van der Waals surface area contributed by atoms with Gasteiger partial charge in [0.15, 0.2) is 6.23 Å². The lowest BCUT2D eigenvalue weighted by Crippen LogP contribution is -2.53. The van der Waals surface area contributed by atoms with Crippen molar-refractivity contribution in [2.75, 3.05) is 13.1 Å². The van der Waals surface area contributed by atoms with Crippen LogP contribution in [0.3, 0.4) is 0 Å². The lowest BCUT2D eigenvalue weighted by Gasteiger charge is -2.32. The number of piperidine rings is 2. The van der Waals surface area contributed by atoms with Gasteiger partial charge in [0.25, 0.3) is 5.91 Å². The number of aliphatic hydroxyl groups is 1. The molecule has 0 radical (unpaired) electrons. The van der Waals surface area contributed by atoms with E-state index in [9.17, 15) is 19.5 Å². The average Bonchev–Trinajstić information content (AvgIpc) is 3.23. The lowest BCUT2D eigenvalue weighted by molar-refractivity contribution is -0.139. The Hall–Kier alpha value is -3.72. The fourth-order valence-electron chi connectivity index (χ4n) is 6.08. The van der Waals surface area contributed by atoms with Crippen LogP contribution in [0.5, 0.6) is 5.75 Å². The standard InChI is InChI=1S/C32H32ClN3O5/c33-24-10-8-22(9-11-24)23-14-16-35(17-15-23)18-20-4-6-21(7-5-20)19-41-27-3-1-2-25-29(27)32(40)36(31(25)39)26-12-13-28(37)34-30(26)38/h1-11,23,26,31,39H,12-19H2,(H,34,37,38)/t26?,31-/m1/s1. The molecule has 0 bridgehead atoms. The number of hydrogen-bond acceptors (Lipinski definition) is 6. The zero-order valence-electron chi connectivity index (χ0n) is 22.6. The second-order valence-electron chi connectivity index (χ2n) is 11.0. The summed E-state index contributed by atoms with van der Waals surface area (Å²) in [5.74, 6) is -0.498. The third kappa shape index (κ3) is 5.73. The Balaban J connectivity index is 1.05. The largest absolute Gasteiger partial charge is 0.488 e. The number of amides is 3. The van der Waals surface area contributed by atoms with Crippen LogP contribution in [0, 0.1) is 0 Å². The normalized spacial score (nSPS) is 21.6. The Morgan fingerprint density at radius 2 is 1.61 bits per heavy atom. The molecular weight excluding hydrogens is 542 g/mol. The highest BCUT2D eigenvalue weighted by molar-refractivity contribution is 6.30. The first-order chi connectivity index (χ1) is 19.9. The molecule has 2 saturated heterocycles. The number of likely N-dealkylation sites (tertiary alicyclic amines) is 1. The number of carbonyl (C=O) groups is 3. The van der Waals surface area contributed by atoms with Crippen molar-refractivity contribution in [3.63, 3.8) is 0 Å². The topological polar surface area (TPSA) is 99.2 Å².